The second kappa shape index (κ2) is 11.7. The Morgan fingerprint density at radius 3 is 1.96 bits per heavy atom. The summed E-state index contributed by atoms with van der Waals surface area (Å²) in [4.78, 5) is 0. The van der Waals surface area contributed by atoms with Crippen molar-refractivity contribution in [3.8, 4) is 11.8 Å². The molecule has 2 aliphatic rings. The normalized spacial score (nSPS) is 27.8. The average molecular weight is 379 g/mol. The van der Waals surface area contributed by atoms with E-state index in [0.29, 0.717) is 5.92 Å². The molecule has 1 aromatic carbocycles. The van der Waals surface area contributed by atoms with E-state index in [2.05, 4.69) is 50.0 Å². The second-order valence-corrected chi connectivity index (χ2v) is 9.60. The van der Waals surface area contributed by atoms with E-state index in [9.17, 15) is 0 Å². The van der Waals surface area contributed by atoms with E-state index in [4.69, 9.17) is 0 Å². The smallest absolute Gasteiger partial charge is 0.0245 e. The molecule has 1 aromatic rings. The highest BCUT2D eigenvalue weighted by Crippen LogP contribution is 2.42. The third kappa shape index (κ3) is 6.69. The predicted octanol–water partition coefficient (Wildman–Crippen LogP) is 8.18. The van der Waals surface area contributed by atoms with E-state index in [0.717, 1.165) is 17.8 Å². The van der Waals surface area contributed by atoms with Crippen molar-refractivity contribution < 1.29 is 0 Å². The fourth-order valence-electron chi connectivity index (χ4n) is 5.50. The van der Waals surface area contributed by atoms with Crippen LogP contribution in [0, 0.1) is 35.5 Å². The molecule has 0 saturated heterocycles. The lowest BCUT2D eigenvalue weighted by atomic mass is 9.69. The van der Waals surface area contributed by atoms with Crippen molar-refractivity contribution in [3.63, 3.8) is 0 Å². The first kappa shape index (κ1) is 21.5. The first-order valence-electron chi connectivity index (χ1n) is 12.4. The van der Waals surface area contributed by atoms with Crippen LogP contribution >= 0.6 is 0 Å². The molecule has 0 unspecified atom stereocenters. The third-order valence-electron chi connectivity index (χ3n) is 7.49. The highest BCUT2D eigenvalue weighted by atomic mass is 14.3. The molecule has 0 nitrogen and oxygen atoms in total. The highest BCUT2D eigenvalue weighted by Gasteiger charge is 2.30. The van der Waals surface area contributed by atoms with Crippen LogP contribution in [0.2, 0.25) is 0 Å². The van der Waals surface area contributed by atoms with Crippen molar-refractivity contribution in [1.82, 2.24) is 0 Å². The number of benzene rings is 1. The van der Waals surface area contributed by atoms with E-state index in [1.54, 1.807) is 0 Å². The maximum atomic E-state index is 3.60. The van der Waals surface area contributed by atoms with E-state index in [-0.39, 0.29) is 0 Å². The van der Waals surface area contributed by atoms with Gasteiger partial charge in [-0.15, -0.1) is 0 Å². The molecular weight excluding hydrogens is 336 g/mol. The lowest BCUT2D eigenvalue weighted by Crippen LogP contribution is -2.25. The lowest BCUT2D eigenvalue weighted by Gasteiger charge is -2.37. The molecule has 0 N–H and O–H groups in total. The Bertz CT molecular complexity index is 598. The van der Waals surface area contributed by atoms with Crippen LogP contribution in [0.1, 0.15) is 108 Å². The van der Waals surface area contributed by atoms with Gasteiger partial charge in [-0.3, -0.25) is 0 Å². The molecule has 2 saturated carbocycles. The molecule has 0 spiro atoms. The summed E-state index contributed by atoms with van der Waals surface area (Å²) in [6, 6.07) is 8.99. The summed E-state index contributed by atoms with van der Waals surface area (Å²) in [6.07, 6.45) is 19.6. The third-order valence-corrected chi connectivity index (χ3v) is 7.49. The zero-order valence-corrected chi connectivity index (χ0v) is 18.5. The number of unbranched alkanes of at least 4 members (excludes halogenated alkanes) is 2. The average Bonchev–Trinajstić information content (AvgIpc) is 2.76. The van der Waals surface area contributed by atoms with Crippen LogP contribution in [-0.2, 0) is 6.42 Å². The van der Waals surface area contributed by atoms with Crippen molar-refractivity contribution in [2.45, 2.75) is 104 Å². The molecule has 0 radical (unpaired) electrons. The second-order valence-electron chi connectivity index (χ2n) is 9.60. The van der Waals surface area contributed by atoms with E-state index in [1.165, 1.54) is 101 Å². The van der Waals surface area contributed by atoms with Gasteiger partial charge in [0.25, 0.3) is 0 Å². The summed E-state index contributed by atoms with van der Waals surface area (Å²) in [7, 11) is 0. The monoisotopic (exact) mass is 378 g/mol. The lowest BCUT2D eigenvalue weighted by molar-refractivity contribution is 0.153. The molecule has 0 heterocycles. The Labute approximate surface area is 174 Å². The van der Waals surface area contributed by atoms with Gasteiger partial charge in [0.2, 0.25) is 0 Å². The number of hydrogen-bond acceptors (Lipinski definition) is 0. The Kier molecular flexibility index (Phi) is 8.98. The Morgan fingerprint density at radius 2 is 1.36 bits per heavy atom. The van der Waals surface area contributed by atoms with Gasteiger partial charge in [-0.25, -0.2) is 0 Å². The predicted molar refractivity (Wildman–Crippen MR) is 122 cm³/mol. The minimum atomic E-state index is 0.636. The summed E-state index contributed by atoms with van der Waals surface area (Å²) < 4.78 is 0. The maximum Gasteiger partial charge on any atom is 0.0245 e. The van der Waals surface area contributed by atoms with Gasteiger partial charge in [0, 0.05) is 11.5 Å². The van der Waals surface area contributed by atoms with Crippen molar-refractivity contribution in [3.05, 3.63) is 35.4 Å². The van der Waals surface area contributed by atoms with Crippen molar-refractivity contribution >= 4 is 0 Å². The van der Waals surface area contributed by atoms with Crippen LogP contribution in [0.4, 0.5) is 0 Å². The fourth-order valence-corrected chi connectivity index (χ4v) is 5.50. The van der Waals surface area contributed by atoms with Crippen LogP contribution in [-0.4, -0.2) is 0 Å². The number of aryl methyl sites for hydroxylation is 1. The van der Waals surface area contributed by atoms with Gasteiger partial charge in [-0.2, -0.15) is 0 Å². The molecule has 0 amide bonds. The van der Waals surface area contributed by atoms with Crippen LogP contribution in [0.15, 0.2) is 24.3 Å². The summed E-state index contributed by atoms with van der Waals surface area (Å²) in [5, 5.41) is 0. The topological polar surface area (TPSA) is 0 Å². The molecule has 0 heteroatoms. The SMILES string of the molecule is CCCCc1ccc(C#CC2CCC([C@H]3CC[C@H](CCCC)CC3)CC2)cc1. The van der Waals surface area contributed by atoms with Crippen molar-refractivity contribution in [1.29, 1.82) is 0 Å². The summed E-state index contributed by atoms with van der Waals surface area (Å²) >= 11 is 0. The molecule has 154 valence electrons. The molecule has 0 aliphatic heterocycles. The summed E-state index contributed by atoms with van der Waals surface area (Å²) in [6.45, 7) is 4.59. The zero-order chi connectivity index (χ0) is 19.6. The van der Waals surface area contributed by atoms with Crippen LogP contribution < -0.4 is 0 Å². The molecular formula is C28H42. The van der Waals surface area contributed by atoms with Gasteiger partial charge in [-0.1, -0.05) is 76.3 Å². The maximum absolute atomic E-state index is 3.60. The molecule has 0 atom stereocenters. The summed E-state index contributed by atoms with van der Waals surface area (Å²) in [5.41, 5.74) is 2.66. The van der Waals surface area contributed by atoms with Gasteiger partial charge >= 0.3 is 0 Å². The van der Waals surface area contributed by atoms with Gasteiger partial charge in [0.15, 0.2) is 0 Å². The molecule has 2 fully saturated rings. The number of hydrogen-bond donors (Lipinski definition) is 0. The standard InChI is InChI=1S/C28H42/c1-3-5-7-23-9-11-25(12-10-23)13-14-26-17-21-28(22-18-26)27-19-15-24(16-20-27)8-6-4-2/h9-12,24,26-28H,3-8,15-22H2,1-2H3/t24-,26?,27-,28?. The minimum Gasteiger partial charge on any atom is -0.0945 e. The van der Waals surface area contributed by atoms with Gasteiger partial charge in [0.05, 0.1) is 0 Å². The Morgan fingerprint density at radius 1 is 0.750 bits per heavy atom. The largest absolute Gasteiger partial charge is 0.0945 e. The van der Waals surface area contributed by atoms with Crippen LogP contribution in [0.3, 0.4) is 0 Å². The minimum absolute atomic E-state index is 0.636. The fraction of sp³-hybridized carbons (Fsp3) is 0.714. The Balaban J connectivity index is 1.39. The first-order chi connectivity index (χ1) is 13.8. The van der Waals surface area contributed by atoms with Crippen molar-refractivity contribution in [2.24, 2.45) is 23.7 Å². The highest BCUT2D eigenvalue weighted by molar-refractivity contribution is 5.36. The van der Waals surface area contributed by atoms with E-state index >= 15 is 0 Å². The molecule has 0 bridgehead atoms. The van der Waals surface area contributed by atoms with Crippen LogP contribution in [0.5, 0.6) is 0 Å². The van der Waals surface area contributed by atoms with Gasteiger partial charge < -0.3 is 0 Å². The molecule has 2 aliphatic carbocycles. The molecule has 0 aromatic heterocycles. The first-order valence-corrected chi connectivity index (χ1v) is 12.4. The van der Waals surface area contributed by atoms with Gasteiger partial charge in [-0.05, 0) is 86.8 Å². The zero-order valence-electron chi connectivity index (χ0n) is 18.5. The molecule has 28 heavy (non-hydrogen) atoms. The molecule has 3 rings (SSSR count). The summed E-state index contributed by atoms with van der Waals surface area (Å²) in [5.74, 6) is 10.8. The van der Waals surface area contributed by atoms with Gasteiger partial charge in [0.1, 0.15) is 0 Å². The quantitative estimate of drug-likeness (QED) is 0.419. The van der Waals surface area contributed by atoms with E-state index in [1.807, 2.05) is 0 Å². The van der Waals surface area contributed by atoms with Crippen LogP contribution in [0.25, 0.3) is 0 Å². The Hall–Kier alpha value is -1.22. The number of rotatable bonds is 7. The van der Waals surface area contributed by atoms with E-state index < -0.39 is 0 Å². The van der Waals surface area contributed by atoms with Crippen molar-refractivity contribution in [2.75, 3.05) is 0 Å².